The van der Waals surface area contributed by atoms with Gasteiger partial charge in [-0.05, 0) is 24.6 Å². The Kier molecular flexibility index (Phi) is 4.83. The van der Waals surface area contributed by atoms with Gasteiger partial charge in [0.2, 0.25) is 5.91 Å². The third kappa shape index (κ3) is 3.22. The Hall–Kier alpha value is -0.910. The molecule has 1 saturated heterocycles. The minimum Gasteiger partial charge on any atom is -0.480 e. The van der Waals surface area contributed by atoms with Gasteiger partial charge in [0.15, 0.2) is 0 Å². The van der Waals surface area contributed by atoms with Crippen LogP contribution >= 0.6 is 35.0 Å². The number of thioether (sulfide) groups is 1. The molecule has 1 aliphatic rings. The van der Waals surface area contributed by atoms with Gasteiger partial charge < -0.3 is 10.0 Å². The molecule has 0 aliphatic carbocycles. The highest BCUT2D eigenvalue weighted by Gasteiger charge is 2.39. The number of hydrogen-bond donors (Lipinski definition) is 1. The maximum atomic E-state index is 12.3. The van der Waals surface area contributed by atoms with Crippen molar-refractivity contribution in [3.05, 3.63) is 33.8 Å². The van der Waals surface area contributed by atoms with Crippen LogP contribution in [0.2, 0.25) is 10.0 Å². The van der Waals surface area contributed by atoms with Crippen LogP contribution in [0.3, 0.4) is 0 Å². The highest BCUT2D eigenvalue weighted by Crippen LogP contribution is 2.30. The number of halogens is 2. The summed E-state index contributed by atoms with van der Waals surface area (Å²) in [6, 6.07) is 4.15. The monoisotopic (exact) mass is 333 g/mol. The summed E-state index contributed by atoms with van der Waals surface area (Å²) in [5, 5.41) is 9.93. The summed E-state index contributed by atoms with van der Waals surface area (Å²) in [7, 11) is 0. The van der Waals surface area contributed by atoms with Gasteiger partial charge >= 0.3 is 5.97 Å². The lowest BCUT2D eigenvalue weighted by Crippen LogP contribution is -2.45. The van der Waals surface area contributed by atoms with Gasteiger partial charge in [-0.3, -0.25) is 4.79 Å². The maximum Gasteiger partial charge on any atom is 0.327 e. The van der Waals surface area contributed by atoms with Crippen LogP contribution in [0.4, 0.5) is 0 Å². The third-order valence-corrected chi connectivity index (χ3v) is 4.96. The smallest absolute Gasteiger partial charge is 0.327 e. The molecule has 0 spiro atoms. The summed E-state index contributed by atoms with van der Waals surface area (Å²) in [4.78, 5) is 24.9. The van der Waals surface area contributed by atoms with E-state index in [1.54, 1.807) is 18.2 Å². The van der Waals surface area contributed by atoms with Crippen molar-refractivity contribution in [1.82, 2.24) is 4.90 Å². The molecule has 1 amide bonds. The Labute approximate surface area is 131 Å². The predicted molar refractivity (Wildman–Crippen MR) is 80.4 cm³/mol. The van der Waals surface area contributed by atoms with E-state index in [2.05, 4.69) is 0 Å². The summed E-state index contributed by atoms with van der Waals surface area (Å²) >= 11 is 13.3. The number of carbonyl (C=O) groups excluding carboxylic acids is 1. The van der Waals surface area contributed by atoms with E-state index in [4.69, 9.17) is 28.3 Å². The van der Waals surface area contributed by atoms with Crippen molar-refractivity contribution in [2.75, 3.05) is 5.75 Å². The second kappa shape index (κ2) is 6.24. The van der Waals surface area contributed by atoms with Gasteiger partial charge in [0.1, 0.15) is 6.04 Å². The maximum absolute atomic E-state index is 12.3. The number of nitrogens with zero attached hydrogens (tertiary/aromatic N) is 1. The van der Waals surface area contributed by atoms with Crippen LogP contribution in [-0.4, -0.2) is 39.1 Å². The van der Waals surface area contributed by atoms with E-state index < -0.39 is 12.0 Å². The largest absolute Gasteiger partial charge is 0.480 e. The molecule has 1 aliphatic heterocycles. The first kappa shape index (κ1) is 15.5. The minimum absolute atomic E-state index is 0.0741. The second-order valence-corrected chi connectivity index (χ2v) is 6.69. The van der Waals surface area contributed by atoms with Crippen molar-refractivity contribution in [3.8, 4) is 0 Å². The van der Waals surface area contributed by atoms with E-state index in [1.165, 1.54) is 16.7 Å². The number of hydrogen-bond acceptors (Lipinski definition) is 3. The Morgan fingerprint density at radius 1 is 1.45 bits per heavy atom. The highest BCUT2D eigenvalue weighted by atomic mass is 35.5. The Morgan fingerprint density at radius 3 is 2.75 bits per heavy atom. The lowest BCUT2D eigenvalue weighted by Gasteiger charge is -2.25. The molecule has 7 heteroatoms. The summed E-state index contributed by atoms with van der Waals surface area (Å²) in [6.07, 6.45) is 0.0741. The van der Waals surface area contributed by atoms with Gasteiger partial charge in [-0.15, -0.1) is 11.8 Å². The fourth-order valence-electron chi connectivity index (χ4n) is 2.13. The van der Waals surface area contributed by atoms with Crippen LogP contribution in [0, 0.1) is 0 Å². The van der Waals surface area contributed by atoms with E-state index in [-0.39, 0.29) is 17.7 Å². The number of rotatable bonds is 3. The molecular weight excluding hydrogens is 321 g/mol. The number of carboxylic acid groups (broad SMARTS) is 1. The minimum atomic E-state index is -0.975. The van der Waals surface area contributed by atoms with E-state index in [0.29, 0.717) is 21.4 Å². The number of aliphatic carboxylic acids is 1. The summed E-state index contributed by atoms with van der Waals surface area (Å²) in [5.74, 6) is -0.798. The molecule has 2 unspecified atom stereocenters. The average Bonchev–Trinajstić information content (AvgIpc) is 2.75. The fourth-order valence-corrected chi connectivity index (χ4v) is 3.79. The molecule has 1 N–H and O–H groups in total. The van der Waals surface area contributed by atoms with Crippen molar-refractivity contribution < 1.29 is 14.7 Å². The zero-order valence-electron chi connectivity index (χ0n) is 10.7. The quantitative estimate of drug-likeness (QED) is 0.923. The molecule has 2 atom stereocenters. The van der Waals surface area contributed by atoms with Crippen molar-refractivity contribution in [2.45, 2.75) is 24.8 Å². The molecule has 0 radical (unpaired) electrons. The number of benzene rings is 1. The topological polar surface area (TPSA) is 57.6 Å². The van der Waals surface area contributed by atoms with Gasteiger partial charge in [-0.2, -0.15) is 0 Å². The van der Waals surface area contributed by atoms with E-state index >= 15 is 0 Å². The summed E-state index contributed by atoms with van der Waals surface area (Å²) in [5.41, 5.74) is 0.648. The van der Waals surface area contributed by atoms with Crippen LogP contribution in [0.25, 0.3) is 0 Å². The Balaban J connectivity index is 2.16. The second-order valence-electron chi connectivity index (χ2n) is 4.50. The molecule has 1 aromatic rings. The van der Waals surface area contributed by atoms with Gasteiger partial charge in [0, 0.05) is 15.8 Å². The first-order valence-electron chi connectivity index (χ1n) is 5.99. The van der Waals surface area contributed by atoms with Crippen molar-refractivity contribution in [3.63, 3.8) is 0 Å². The van der Waals surface area contributed by atoms with Crippen LogP contribution in [0.15, 0.2) is 18.2 Å². The Morgan fingerprint density at radius 2 is 2.15 bits per heavy atom. The standard InChI is InChI=1S/C13H13Cl2NO3S/c1-7-16(11(6-20-7)13(18)19)12(17)4-8-2-3-9(14)5-10(8)15/h2-3,5,7,11H,4,6H2,1H3,(H,18,19). The van der Waals surface area contributed by atoms with Gasteiger partial charge in [-0.1, -0.05) is 29.3 Å². The Bertz CT molecular complexity index is 552. The first-order chi connectivity index (χ1) is 9.40. The van der Waals surface area contributed by atoms with Crippen molar-refractivity contribution >= 4 is 46.8 Å². The molecule has 1 fully saturated rings. The molecule has 1 heterocycles. The molecule has 0 bridgehead atoms. The predicted octanol–water partition coefficient (Wildman–Crippen LogP) is 2.91. The van der Waals surface area contributed by atoms with Gasteiger partial charge in [0.05, 0.1) is 11.8 Å². The molecule has 0 aromatic heterocycles. The zero-order valence-corrected chi connectivity index (χ0v) is 13.0. The summed E-state index contributed by atoms with van der Waals surface area (Å²) < 4.78 is 0. The fraction of sp³-hybridized carbons (Fsp3) is 0.385. The lowest BCUT2D eigenvalue weighted by atomic mass is 10.1. The van der Waals surface area contributed by atoms with Crippen molar-refractivity contribution in [2.24, 2.45) is 0 Å². The average molecular weight is 334 g/mol. The summed E-state index contributed by atoms with van der Waals surface area (Å²) in [6.45, 7) is 1.83. The lowest BCUT2D eigenvalue weighted by molar-refractivity contribution is -0.148. The number of carboxylic acids is 1. The number of carbonyl (C=O) groups is 2. The molecule has 1 aromatic carbocycles. The molecule has 108 valence electrons. The van der Waals surface area contributed by atoms with Crippen LogP contribution in [0.5, 0.6) is 0 Å². The SMILES string of the molecule is CC1SCC(C(=O)O)N1C(=O)Cc1ccc(Cl)cc1Cl. The molecule has 20 heavy (non-hydrogen) atoms. The molecule has 4 nitrogen and oxygen atoms in total. The van der Waals surface area contributed by atoms with E-state index in [0.717, 1.165) is 0 Å². The first-order valence-corrected chi connectivity index (χ1v) is 7.80. The highest BCUT2D eigenvalue weighted by molar-refractivity contribution is 8.00. The third-order valence-electron chi connectivity index (χ3n) is 3.15. The van der Waals surface area contributed by atoms with Gasteiger partial charge in [0.25, 0.3) is 0 Å². The zero-order chi connectivity index (χ0) is 14.9. The van der Waals surface area contributed by atoms with E-state index in [1.807, 2.05) is 6.92 Å². The van der Waals surface area contributed by atoms with Crippen LogP contribution < -0.4 is 0 Å². The van der Waals surface area contributed by atoms with Crippen LogP contribution in [0.1, 0.15) is 12.5 Å². The molecular formula is C13H13Cl2NO3S. The molecule has 2 rings (SSSR count). The normalized spacial score (nSPS) is 22.1. The van der Waals surface area contributed by atoms with E-state index in [9.17, 15) is 9.59 Å². The van der Waals surface area contributed by atoms with Gasteiger partial charge in [-0.25, -0.2) is 4.79 Å². The number of amides is 1. The van der Waals surface area contributed by atoms with Crippen molar-refractivity contribution in [1.29, 1.82) is 0 Å². The molecule has 0 saturated carbocycles. The van der Waals surface area contributed by atoms with Crippen LogP contribution in [-0.2, 0) is 16.0 Å².